The lowest BCUT2D eigenvalue weighted by Gasteiger charge is -2.30. The summed E-state index contributed by atoms with van der Waals surface area (Å²) in [5.74, 6) is 0.508. The lowest BCUT2D eigenvalue weighted by atomic mass is 9.89. The summed E-state index contributed by atoms with van der Waals surface area (Å²) in [6.45, 7) is 3.24. The maximum atomic E-state index is 12.5. The number of hydrogen-bond donors (Lipinski definition) is 1. The first kappa shape index (κ1) is 32.6. The lowest BCUT2D eigenvalue weighted by Crippen LogP contribution is -2.40. The maximum absolute atomic E-state index is 12.5. The molecular formula is C32H35Cl3N2O4. The molecule has 1 N–H and O–H groups in total. The van der Waals surface area contributed by atoms with Crippen LogP contribution in [0, 0.1) is 11.8 Å². The third-order valence-corrected chi connectivity index (χ3v) is 7.80. The molecule has 5 rings (SSSR count). The summed E-state index contributed by atoms with van der Waals surface area (Å²) in [4.78, 5) is 38.4. The summed E-state index contributed by atoms with van der Waals surface area (Å²) in [5.41, 5.74) is 2.42. The van der Waals surface area contributed by atoms with Crippen LogP contribution in [0.4, 0.5) is 4.79 Å². The number of piperidine rings is 2. The summed E-state index contributed by atoms with van der Waals surface area (Å²) < 4.78 is 5.35. The molecular weight excluding hydrogens is 583 g/mol. The van der Waals surface area contributed by atoms with Crippen molar-refractivity contribution in [1.82, 2.24) is 10.2 Å². The van der Waals surface area contributed by atoms with Crippen molar-refractivity contribution in [3.63, 3.8) is 0 Å². The molecule has 2 fully saturated rings. The van der Waals surface area contributed by atoms with Gasteiger partial charge in [0.2, 0.25) is 0 Å². The van der Waals surface area contributed by atoms with Crippen molar-refractivity contribution in [2.24, 2.45) is 11.8 Å². The van der Waals surface area contributed by atoms with Crippen LogP contribution >= 0.6 is 35.6 Å². The molecule has 6 nitrogen and oxygen atoms in total. The second-order valence-corrected chi connectivity index (χ2v) is 10.9. The van der Waals surface area contributed by atoms with Gasteiger partial charge in [0.15, 0.2) is 11.6 Å². The van der Waals surface area contributed by atoms with Crippen LogP contribution < -0.4 is 5.32 Å². The highest BCUT2D eigenvalue weighted by molar-refractivity contribution is 6.31. The van der Waals surface area contributed by atoms with E-state index in [0.29, 0.717) is 41.5 Å². The number of hydrogen-bond acceptors (Lipinski definition) is 5. The molecule has 0 bridgehead atoms. The van der Waals surface area contributed by atoms with E-state index in [-0.39, 0.29) is 48.5 Å². The maximum Gasteiger partial charge on any atom is 0.410 e. The van der Waals surface area contributed by atoms with E-state index in [4.69, 9.17) is 27.9 Å². The van der Waals surface area contributed by atoms with Gasteiger partial charge in [-0.05, 0) is 92.9 Å². The van der Waals surface area contributed by atoms with Gasteiger partial charge in [-0.3, -0.25) is 9.59 Å². The number of likely N-dealkylation sites (tertiary alicyclic amines) is 1. The Morgan fingerprint density at radius 3 is 1.66 bits per heavy atom. The fourth-order valence-electron chi connectivity index (χ4n) is 4.92. The molecule has 3 aromatic rings. The van der Waals surface area contributed by atoms with Crippen LogP contribution in [0.5, 0.6) is 0 Å². The Labute approximate surface area is 257 Å². The van der Waals surface area contributed by atoms with E-state index in [1.165, 1.54) is 0 Å². The van der Waals surface area contributed by atoms with E-state index in [1.807, 2.05) is 42.5 Å². The number of benzene rings is 3. The van der Waals surface area contributed by atoms with Crippen LogP contribution in [0.25, 0.3) is 0 Å². The average Bonchev–Trinajstić information content (AvgIpc) is 3.01. The average molecular weight is 618 g/mol. The van der Waals surface area contributed by atoms with Crippen LogP contribution in [0.15, 0.2) is 78.9 Å². The quantitative estimate of drug-likeness (QED) is 0.290. The topological polar surface area (TPSA) is 75.7 Å². The number of carbonyl (C=O) groups is 3. The van der Waals surface area contributed by atoms with Crippen molar-refractivity contribution < 1.29 is 19.1 Å². The van der Waals surface area contributed by atoms with Crippen LogP contribution in [0.1, 0.15) is 52.0 Å². The van der Waals surface area contributed by atoms with Crippen molar-refractivity contribution in [2.45, 2.75) is 32.3 Å². The number of nitrogens with zero attached hydrogens (tertiary/aromatic N) is 1. The number of ether oxygens (including phenoxy) is 1. The van der Waals surface area contributed by atoms with Crippen molar-refractivity contribution in [3.05, 3.63) is 106 Å². The SMILES string of the molecule is Cl.O=C(c1ccc(Cl)cc1)C1CCN(C(=O)OCc2ccccc2)CC1.O=C(c1ccc(Cl)cc1)C1CCNCC1. The molecule has 0 unspecified atom stereocenters. The molecule has 0 atom stereocenters. The highest BCUT2D eigenvalue weighted by atomic mass is 35.5. The van der Waals surface area contributed by atoms with Gasteiger partial charge in [0, 0.05) is 46.1 Å². The van der Waals surface area contributed by atoms with Crippen LogP contribution in [-0.4, -0.2) is 48.7 Å². The summed E-state index contributed by atoms with van der Waals surface area (Å²) >= 11 is 11.6. The van der Waals surface area contributed by atoms with Crippen molar-refractivity contribution in [3.8, 4) is 0 Å². The Morgan fingerprint density at radius 1 is 0.707 bits per heavy atom. The normalized spacial score (nSPS) is 15.6. The molecule has 2 aliphatic rings. The van der Waals surface area contributed by atoms with Crippen molar-refractivity contribution in [1.29, 1.82) is 0 Å². The van der Waals surface area contributed by atoms with Crippen molar-refractivity contribution in [2.75, 3.05) is 26.2 Å². The molecule has 0 aliphatic carbocycles. The zero-order chi connectivity index (χ0) is 28.3. The summed E-state index contributed by atoms with van der Waals surface area (Å²) in [6, 6.07) is 23.7. The van der Waals surface area contributed by atoms with Crippen molar-refractivity contribution >= 4 is 53.3 Å². The lowest BCUT2D eigenvalue weighted by molar-refractivity contribution is 0.0713. The fraction of sp³-hybridized carbons (Fsp3) is 0.344. The second kappa shape index (κ2) is 16.5. The zero-order valence-electron chi connectivity index (χ0n) is 22.8. The summed E-state index contributed by atoms with van der Waals surface area (Å²) in [5, 5.41) is 4.55. The van der Waals surface area contributed by atoms with Gasteiger partial charge in [-0.25, -0.2) is 4.79 Å². The molecule has 41 heavy (non-hydrogen) atoms. The third-order valence-electron chi connectivity index (χ3n) is 7.30. The smallest absolute Gasteiger partial charge is 0.410 e. The fourth-order valence-corrected chi connectivity index (χ4v) is 5.17. The number of Topliss-reactive ketones (excluding diaryl/α,β-unsaturated/α-hetero) is 2. The van der Waals surface area contributed by atoms with E-state index in [0.717, 1.165) is 37.1 Å². The number of amides is 1. The molecule has 0 saturated carbocycles. The first-order valence-electron chi connectivity index (χ1n) is 13.7. The largest absolute Gasteiger partial charge is 0.445 e. The molecule has 3 aromatic carbocycles. The Hall–Kier alpha value is -2.90. The predicted molar refractivity (Wildman–Crippen MR) is 165 cm³/mol. The van der Waals surface area contributed by atoms with Gasteiger partial charge in [-0.1, -0.05) is 53.5 Å². The molecule has 2 heterocycles. The molecule has 0 aromatic heterocycles. The molecule has 0 spiro atoms. The van der Waals surface area contributed by atoms with Gasteiger partial charge < -0.3 is 15.0 Å². The Morgan fingerprint density at radius 2 is 1.17 bits per heavy atom. The Bertz CT molecular complexity index is 1260. The third kappa shape index (κ3) is 9.86. The van der Waals surface area contributed by atoms with E-state index in [9.17, 15) is 14.4 Å². The van der Waals surface area contributed by atoms with Gasteiger partial charge in [-0.2, -0.15) is 0 Å². The molecule has 2 aliphatic heterocycles. The van der Waals surface area contributed by atoms with Gasteiger partial charge in [0.1, 0.15) is 6.61 Å². The number of carbonyl (C=O) groups excluding carboxylic acids is 3. The first-order valence-corrected chi connectivity index (χ1v) is 14.4. The first-order chi connectivity index (χ1) is 19.4. The van der Waals surface area contributed by atoms with Crippen LogP contribution in [-0.2, 0) is 11.3 Å². The Balaban J connectivity index is 0.000000248. The van der Waals surface area contributed by atoms with Gasteiger partial charge in [0.05, 0.1) is 0 Å². The van der Waals surface area contributed by atoms with E-state index in [1.54, 1.807) is 41.3 Å². The molecule has 1 amide bonds. The highest BCUT2D eigenvalue weighted by Gasteiger charge is 2.28. The van der Waals surface area contributed by atoms with Gasteiger partial charge in [-0.15, -0.1) is 12.4 Å². The van der Waals surface area contributed by atoms with E-state index >= 15 is 0 Å². The second-order valence-electron chi connectivity index (χ2n) is 10.1. The van der Waals surface area contributed by atoms with E-state index < -0.39 is 0 Å². The van der Waals surface area contributed by atoms with Gasteiger partial charge in [0.25, 0.3) is 0 Å². The van der Waals surface area contributed by atoms with Crippen LogP contribution in [0.3, 0.4) is 0 Å². The Kier molecular flexibility index (Phi) is 13.1. The number of rotatable bonds is 6. The highest BCUT2D eigenvalue weighted by Crippen LogP contribution is 2.23. The minimum absolute atomic E-state index is 0. The monoisotopic (exact) mass is 616 g/mol. The summed E-state index contributed by atoms with van der Waals surface area (Å²) in [7, 11) is 0. The minimum Gasteiger partial charge on any atom is -0.445 e. The van der Waals surface area contributed by atoms with E-state index in [2.05, 4.69) is 5.32 Å². The standard InChI is InChI=1S/C20H20ClNO3.C12H14ClNO.ClH/c21-18-8-6-16(7-9-18)19(23)17-10-12-22(13-11-17)20(24)25-14-15-4-2-1-3-5-15;13-11-3-1-9(2-4-11)12(15)10-5-7-14-8-6-10;/h1-9,17H,10-14H2;1-4,10,14H,5-8H2;1H. The van der Waals surface area contributed by atoms with Gasteiger partial charge >= 0.3 is 6.09 Å². The predicted octanol–water partition coefficient (Wildman–Crippen LogP) is 7.52. The summed E-state index contributed by atoms with van der Waals surface area (Å²) in [6.07, 6.45) is 2.88. The van der Waals surface area contributed by atoms with Crippen LogP contribution in [0.2, 0.25) is 10.0 Å². The molecule has 218 valence electrons. The zero-order valence-corrected chi connectivity index (χ0v) is 25.1. The number of nitrogens with one attached hydrogen (secondary N) is 1. The number of ketones is 2. The molecule has 9 heteroatoms. The number of halogens is 3. The molecule has 2 saturated heterocycles. The minimum atomic E-state index is -0.318. The molecule has 0 radical (unpaired) electrons.